The van der Waals surface area contributed by atoms with Gasteiger partial charge in [-0.05, 0) is 54.2 Å². The van der Waals surface area contributed by atoms with Gasteiger partial charge in [-0.25, -0.2) is 5.01 Å². The highest BCUT2D eigenvalue weighted by Gasteiger charge is 2.33. The van der Waals surface area contributed by atoms with E-state index in [1.54, 1.807) is 13.2 Å². The van der Waals surface area contributed by atoms with Crippen molar-refractivity contribution in [3.8, 4) is 5.75 Å². The van der Waals surface area contributed by atoms with E-state index in [1.807, 2.05) is 54.6 Å². The van der Waals surface area contributed by atoms with Crippen LogP contribution >= 0.6 is 0 Å². The smallest absolute Gasteiger partial charge is 0.248 e. The first-order chi connectivity index (χ1) is 18.0. The third kappa shape index (κ3) is 5.48. The van der Waals surface area contributed by atoms with E-state index in [0.29, 0.717) is 6.42 Å². The molecule has 190 valence electrons. The SMILES string of the molecule is COc1ccc([C@@H]2CC(c3ccccc3)=NN2C(=O)CCC(=O)N[C@@H]2CCCc3[nH]c(=O)ccc32)cc1. The van der Waals surface area contributed by atoms with Crippen molar-refractivity contribution in [1.82, 2.24) is 15.3 Å². The molecule has 0 radical (unpaired) electrons. The third-order valence-corrected chi connectivity index (χ3v) is 7.01. The summed E-state index contributed by atoms with van der Waals surface area (Å²) in [7, 11) is 1.62. The lowest BCUT2D eigenvalue weighted by molar-refractivity contribution is -0.135. The van der Waals surface area contributed by atoms with Gasteiger partial charge in [-0.3, -0.25) is 14.4 Å². The Labute approximate surface area is 215 Å². The maximum atomic E-state index is 13.3. The number of aryl methyl sites for hydroxylation is 1. The number of carbonyl (C=O) groups is 2. The molecule has 0 saturated carbocycles. The molecule has 2 aromatic carbocycles. The fourth-order valence-corrected chi connectivity index (χ4v) is 5.08. The predicted octanol–water partition coefficient (Wildman–Crippen LogP) is 4.04. The van der Waals surface area contributed by atoms with Crippen LogP contribution in [0, 0.1) is 0 Å². The minimum absolute atomic E-state index is 0.0509. The number of rotatable bonds is 7. The van der Waals surface area contributed by atoms with Crippen LogP contribution in [0.5, 0.6) is 5.75 Å². The third-order valence-electron chi connectivity index (χ3n) is 7.01. The number of hydrogen-bond acceptors (Lipinski definition) is 5. The summed E-state index contributed by atoms with van der Waals surface area (Å²) in [5.74, 6) is 0.356. The largest absolute Gasteiger partial charge is 0.497 e. The summed E-state index contributed by atoms with van der Waals surface area (Å²) in [4.78, 5) is 40.7. The van der Waals surface area contributed by atoms with Crippen molar-refractivity contribution >= 4 is 17.5 Å². The Kier molecular flexibility index (Phi) is 7.16. The number of benzene rings is 2. The van der Waals surface area contributed by atoms with Crippen molar-refractivity contribution in [2.75, 3.05) is 7.11 Å². The quantitative estimate of drug-likeness (QED) is 0.513. The number of ether oxygens (including phenoxy) is 1. The number of nitrogens with one attached hydrogen (secondary N) is 2. The van der Waals surface area contributed by atoms with Gasteiger partial charge in [0.15, 0.2) is 0 Å². The van der Waals surface area contributed by atoms with Crippen molar-refractivity contribution in [2.24, 2.45) is 5.10 Å². The van der Waals surface area contributed by atoms with E-state index in [2.05, 4.69) is 10.3 Å². The molecule has 2 heterocycles. The molecule has 2 N–H and O–H groups in total. The highest BCUT2D eigenvalue weighted by atomic mass is 16.5. The molecule has 0 unspecified atom stereocenters. The standard InChI is InChI=1S/C29H30N4O4/c1-37-21-12-10-20(11-13-21)26-18-25(19-6-3-2-4-7-19)32-33(26)29(36)17-16-28(35)31-24-9-5-8-23-22(24)14-15-27(34)30-23/h2-4,6-7,10-15,24,26H,5,8-9,16-18H2,1H3,(H,30,34)(H,31,35)/t24-,26+/m1/s1. The number of amides is 2. The number of fused-ring (bicyclic) bond motifs is 1. The van der Waals surface area contributed by atoms with Gasteiger partial charge >= 0.3 is 0 Å². The van der Waals surface area contributed by atoms with Crippen LogP contribution < -0.4 is 15.6 Å². The second-order valence-electron chi connectivity index (χ2n) is 9.41. The first kappa shape index (κ1) is 24.5. The van der Waals surface area contributed by atoms with Crippen LogP contribution in [0.1, 0.15) is 66.6 Å². The summed E-state index contributed by atoms with van der Waals surface area (Å²) < 4.78 is 5.28. The molecule has 0 bridgehead atoms. The summed E-state index contributed by atoms with van der Waals surface area (Å²) in [6.45, 7) is 0. The zero-order valence-electron chi connectivity index (χ0n) is 20.8. The van der Waals surface area contributed by atoms with Crippen molar-refractivity contribution in [3.05, 3.63) is 99.5 Å². The average molecular weight is 499 g/mol. The van der Waals surface area contributed by atoms with Crippen LogP contribution in [0.25, 0.3) is 0 Å². The van der Waals surface area contributed by atoms with Gasteiger partial charge in [0.25, 0.3) is 0 Å². The van der Waals surface area contributed by atoms with Crippen molar-refractivity contribution in [2.45, 2.75) is 50.6 Å². The topological polar surface area (TPSA) is 104 Å². The van der Waals surface area contributed by atoms with Crippen LogP contribution in [0.15, 0.2) is 76.6 Å². The number of hydrogen-bond donors (Lipinski definition) is 2. The van der Waals surface area contributed by atoms with E-state index in [1.165, 1.54) is 11.1 Å². The lowest BCUT2D eigenvalue weighted by Crippen LogP contribution is -2.33. The summed E-state index contributed by atoms with van der Waals surface area (Å²) >= 11 is 0. The number of methoxy groups -OCH3 is 1. The monoisotopic (exact) mass is 498 g/mol. The lowest BCUT2D eigenvalue weighted by atomic mass is 9.91. The molecule has 37 heavy (non-hydrogen) atoms. The molecule has 2 atom stereocenters. The normalized spacial score (nSPS) is 18.6. The molecule has 0 spiro atoms. The summed E-state index contributed by atoms with van der Waals surface area (Å²) in [6.07, 6.45) is 3.18. The number of nitrogens with zero attached hydrogens (tertiary/aromatic N) is 2. The summed E-state index contributed by atoms with van der Waals surface area (Å²) in [5.41, 5.74) is 4.46. The van der Waals surface area contributed by atoms with Gasteiger partial charge in [0.05, 0.1) is 24.9 Å². The Bertz CT molecular complexity index is 1360. The van der Waals surface area contributed by atoms with Crippen molar-refractivity contribution < 1.29 is 14.3 Å². The zero-order valence-corrected chi connectivity index (χ0v) is 20.8. The maximum absolute atomic E-state index is 13.3. The molecule has 5 rings (SSSR count). The molecule has 2 amide bonds. The minimum atomic E-state index is -0.251. The second kappa shape index (κ2) is 10.8. The Hall–Kier alpha value is -4.20. The number of H-pyrrole nitrogens is 1. The van der Waals surface area contributed by atoms with Crippen LogP contribution in [0.3, 0.4) is 0 Å². The van der Waals surface area contributed by atoms with E-state index in [-0.39, 0.29) is 42.3 Å². The van der Waals surface area contributed by atoms with Crippen LogP contribution in [-0.4, -0.2) is 34.6 Å². The highest BCUT2D eigenvalue weighted by molar-refractivity contribution is 6.03. The second-order valence-corrected chi connectivity index (χ2v) is 9.41. The molecule has 8 nitrogen and oxygen atoms in total. The van der Waals surface area contributed by atoms with Gasteiger partial charge in [0.1, 0.15) is 5.75 Å². The molecule has 1 aromatic heterocycles. The van der Waals surface area contributed by atoms with Crippen LogP contribution in [0.4, 0.5) is 0 Å². The van der Waals surface area contributed by atoms with Gasteiger partial charge in [-0.15, -0.1) is 0 Å². The van der Waals surface area contributed by atoms with E-state index in [0.717, 1.165) is 53.1 Å². The molecule has 0 fully saturated rings. The van der Waals surface area contributed by atoms with Gasteiger partial charge in [0.2, 0.25) is 17.4 Å². The Morgan fingerprint density at radius 3 is 2.59 bits per heavy atom. The summed E-state index contributed by atoms with van der Waals surface area (Å²) in [5, 5.41) is 9.27. The number of hydrazone groups is 1. The zero-order chi connectivity index (χ0) is 25.8. The molecule has 2 aliphatic rings. The molecule has 8 heteroatoms. The minimum Gasteiger partial charge on any atom is -0.497 e. The molecule has 1 aliphatic carbocycles. The lowest BCUT2D eigenvalue weighted by Gasteiger charge is -2.26. The van der Waals surface area contributed by atoms with E-state index in [9.17, 15) is 14.4 Å². The highest BCUT2D eigenvalue weighted by Crippen LogP contribution is 2.34. The number of carbonyl (C=O) groups excluding carboxylic acids is 2. The molecular formula is C29H30N4O4. The molecule has 1 aliphatic heterocycles. The fraction of sp³-hybridized carbons (Fsp3) is 0.310. The number of aromatic nitrogens is 1. The van der Waals surface area contributed by atoms with E-state index in [4.69, 9.17) is 9.84 Å². The van der Waals surface area contributed by atoms with Gasteiger partial charge in [-0.1, -0.05) is 42.5 Å². The van der Waals surface area contributed by atoms with E-state index < -0.39 is 0 Å². The Balaban J connectivity index is 1.28. The molecule has 0 saturated heterocycles. The molecule has 3 aromatic rings. The average Bonchev–Trinajstić information content (AvgIpc) is 3.38. The van der Waals surface area contributed by atoms with Crippen LogP contribution in [0.2, 0.25) is 0 Å². The number of pyridine rings is 1. The maximum Gasteiger partial charge on any atom is 0.248 e. The molecular weight excluding hydrogens is 468 g/mol. The Morgan fingerprint density at radius 1 is 1.05 bits per heavy atom. The summed E-state index contributed by atoms with van der Waals surface area (Å²) in [6, 6.07) is 20.3. The van der Waals surface area contributed by atoms with Crippen LogP contribution in [-0.2, 0) is 16.0 Å². The van der Waals surface area contributed by atoms with Crippen molar-refractivity contribution in [1.29, 1.82) is 0 Å². The fourth-order valence-electron chi connectivity index (χ4n) is 5.08. The van der Waals surface area contributed by atoms with E-state index >= 15 is 0 Å². The first-order valence-corrected chi connectivity index (χ1v) is 12.6. The Morgan fingerprint density at radius 2 is 1.84 bits per heavy atom. The van der Waals surface area contributed by atoms with Gasteiger partial charge in [0, 0.05) is 31.0 Å². The first-order valence-electron chi connectivity index (χ1n) is 12.6. The predicted molar refractivity (Wildman–Crippen MR) is 140 cm³/mol. The number of aromatic amines is 1. The van der Waals surface area contributed by atoms with Gasteiger partial charge in [-0.2, -0.15) is 5.10 Å². The van der Waals surface area contributed by atoms with Gasteiger partial charge < -0.3 is 15.0 Å². The van der Waals surface area contributed by atoms with Crippen molar-refractivity contribution in [3.63, 3.8) is 0 Å².